The predicted molar refractivity (Wildman–Crippen MR) is 122 cm³/mol. The van der Waals surface area contributed by atoms with Crippen LogP contribution in [0.25, 0.3) is 0 Å². The number of nitro groups is 1. The quantitative estimate of drug-likeness (QED) is 0.319. The van der Waals surface area contributed by atoms with Gasteiger partial charge in [0.1, 0.15) is 11.8 Å². The molecule has 11 nitrogen and oxygen atoms in total. The van der Waals surface area contributed by atoms with Gasteiger partial charge in [0, 0.05) is 17.8 Å². The Bertz CT molecular complexity index is 1030. The van der Waals surface area contributed by atoms with E-state index in [4.69, 9.17) is 16.3 Å². The highest BCUT2D eigenvalue weighted by Crippen LogP contribution is 2.22. The zero-order valence-corrected chi connectivity index (χ0v) is 18.9. The van der Waals surface area contributed by atoms with Crippen LogP contribution in [0.2, 0.25) is 5.02 Å². The van der Waals surface area contributed by atoms with Crippen molar-refractivity contribution in [3.8, 4) is 5.75 Å². The molecule has 2 aromatic rings. The highest BCUT2D eigenvalue weighted by molar-refractivity contribution is 6.34. The SMILES string of the molecule is COc1ccc(NCC(=O)NNC(=O)C(NC(=O)c2ccc([N+](=O)[O-])cc2Cl)C(C)C)cc1. The van der Waals surface area contributed by atoms with Crippen LogP contribution in [-0.2, 0) is 9.59 Å². The molecule has 4 N–H and O–H groups in total. The van der Waals surface area contributed by atoms with Gasteiger partial charge < -0.3 is 15.4 Å². The molecule has 176 valence electrons. The minimum atomic E-state index is -1.00. The molecule has 0 spiro atoms. The summed E-state index contributed by atoms with van der Waals surface area (Å²) in [7, 11) is 1.55. The fourth-order valence-corrected chi connectivity index (χ4v) is 2.96. The Morgan fingerprint density at radius 2 is 1.76 bits per heavy atom. The van der Waals surface area contributed by atoms with Gasteiger partial charge in [0.25, 0.3) is 23.4 Å². The van der Waals surface area contributed by atoms with Crippen LogP contribution in [0, 0.1) is 16.0 Å². The van der Waals surface area contributed by atoms with Gasteiger partial charge in [-0.15, -0.1) is 0 Å². The third kappa shape index (κ3) is 7.35. The van der Waals surface area contributed by atoms with Gasteiger partial charge in [0.15, 0.2) is 0 Å². The summed E-state index contributed by atoms with van der Waals surface area (Å²) in [5, 5.41) is 16.1. The van der Waals surface area contributed by atoms with E-state index in [2.05, 4.69) is 21.5 Å². The maximum absolute atomic E-state index is 12.6. The van der Waals surface area contributed by atoms with Gasteiger partial charge in [-0.25, -0.2) is 0 Å². The number of ether oxygens (including phenoxy) is 1. The molecule has 3 amide bonds. The maximum Gasteiger partial charge on any atom is 0.270 e. The Kier molecular flexibility index (Phi) is 8.98. The molecule has 2 rings (SSSR count). The van der Waals surface area contributed by atoms with Crippen LogP contribution in [0.1, 0.15) is 24.2 Å². The molecule has 0 saturated heterocycles. The third-order valence-electron chi connectivity index (χ3n) is 4.51. The lowest BCUT2D eigenvalue weighted by atomic mass is 10.0. The number of carbonyl (C=O) groups is 3. The Morgan fingerprint density at radius 1 is 1.09 bits per heavy atom. The van der Waals surface area contributed by atoms with E-state index < -0.39 is 28.7 Å². The number of rotatable bonds is 9. The van der Waals surface area contributed by atoms with Crippen LogP contribution in [0.3, 0.4) is 0 Å². The number of nitro benzene ring substituents is 1. The van der Waals surface area contributed by atoms with E-state index in [-0.39, 0.29) is 28.7 Å². The Hall–Kier alpha value is -3.86. The Balaban J connectivity index is 1.91. The van der Waals surface area contributed by atoms with Crippen LogP contribution < -0.4 is 26.2 Å². The number of methoxy groups -OCH3 is 1. The summed E-state index contributed by atoms with van der Waals surface area (Å²) < 4.78 is 5.06. The van der Waals surface area contributed by atoms with E-state index in [1.807, 2.05) is 0 Å². The van der Waals surface area contributed by atoms with Crippen molar-refractivity contribution in [2.75, 3.05) is 19.0 Å². The number of anilines is 1. The van der Waals surface area contributed by atoms with Crippen molar-refractivity contribution in [2.24, 2.45) is 5.92 Å². The number of nitrogens with zero attached hydrogens (tertiary/aromatic N) is 1. The van der Waals surface area contributed by atoms with Crippen molar-refractivity contribution in [3.63, 3.8) is 0 Å². The lowest BCUT2D eigenvalue weighted by molar-refractivity contribution is -0.384. The molecule has 0 saturated carbocycles. The van der Waals surface area contributed by atoms with Gasteiger partial charge >= 0.3 is 0 Å². The number of halogens is 1. The van der Waals surface area contributed by atoms with E-state index in [1.165, 1.54) is 6.07 Å². The fraction of sp³-hybridized carbons (Fsp3) is 0.286. The van der Waals surface area contributed by atoms with E-state index >= 15 is 0 Å². The molecule has 0 fully saturated rings. The molecule has 12 heteroatoms. The lowest BCUT2D eigenvalue weighted by Crippen LogP contribution is -2.55. The average Bonchev–Trinajstić information content (AvgIpc) is 2.79. The monoisotopic (exact) mass is 477 g/mol. The highest BCUT2D eigenvalue weighted by Gasteiger charge is 2.26. The minimum Gasteiger partial charge on any atom is -0.497 e. The van der Waals surface area contributed by atoms with Gasteiger partial charge in [0.05, 0.1) is 29.2 Å². The Labute approximate surface area is 194 Å². The molecule has 0 aliphatic heterocycles. The number of non-ortho nitro benzene ring substituents is 1. The van der Waals surface area contributed by atoms with Crippen LogP contribution in [0.5, 0.6) is 5.75 Å². The highest BCUT2D eigenvalue weighted by atomic mass is 35.5. The van der Waals surface area contributed by atoms with Gasteiger partial charge in [0.2, 0.25) is 0 Å². The third-order valence-corrected chi connectivity index (χ3v) is 4.82. The van der Waals surface area contributed by atoms with E-state index in [9.17, 15) is 24.5 Å². The zero-order chi connectivity index (χ0) is 24.5. The summed E-state index contributed by atoms with van der Waals surface area (Å²) in [5.41, 5.74) is 4.96. The summed E-state index contributed by atoms with van der Waals surface area (Å²) in [6.45, 7) is 3.30. The van der Waals surface area contributed by atoms with Gasteiger partial charge in [-0.05, 0) is 36.2 Å². The van der Waals surface area contributed by atoms with Gasteiger partial charge in [-0.1, -0.05) is 25.4 Å². The summed E-state index contributed by atoms with van der Waals surface area (Å²) in [6, 6.07) is 9.33. The fourth-order valence-electron chi connectivity index (χ4n) is 2.70. The summed E-state index contributed by atoms with van der Waals surface area (Å²) >= 11 is 5.98. The lowest BCUT2D eigenvalue weighted by Gasteiger charge is -2.22. The van der Waals surface area contributed by atoms with Crippen LogP contribution >= 0.6 is 11.6 Å². The Morgan fingerprint density at radius 3 is 2.30 bits per heavy atom. The summed E-state index contributed by atoms with van der Waals surface area (Å²) in [5.74, 6) is -1.49. The molecule has 0 aromatic heterocycles. The van der Waals surface area contributed by atoms with Crippen LogP contribution in [-0.4, -0.2) is 42.3 Å². The second-order valence-electron chi connectivity index (χ2n) is 7.24. The number of amides is 3. The smallest absolute Gasteiger partial charge is 0.270 e. The van der Waals surface area contributed by atoms with E-state index in [0.29, 0.717) is 11.4 Å². The largest absolute Gasteiger partial charge is 0.497 e. The zero-order valence-electron chi connectivity index (χ0n) is 18.2. The molecule has 1 unspecified atom stereocenters. The average molecular weight is 478 g/mol. The van der Waals surface area contributed by atoms with Crippen LogP contribution in [0.4, 0.5) is 11.4 Å². The molecule has 33 heavy (non-hydrogen) atoms. The first-order valence-corrected chi connectivity index (χ1v) is 10.2. The number of benzene rings is 2. The molecule has 2 aromatic carbocycles. The molecule has 0 heterocycles. The van der Waals surface area contributed by atoms with Crippen molar-refractivity contribution < 1.29 is 24.0 Å². The first kappa shape index (κ1) is 25.4. The predicted octanol–water partition coefficient (Wildman–Crippen LogP) is 2.27. The second kappa shape index (κ2) is 11.7. The van der Waals surface area contributed by atoms with E-state index in [1.54, 1.807) is 45.2 Å². The summed E-state index contributed by atoms with van der Waals surface area (Å²) in [4.78, 5) is 47.3. The number of hydrogen-bond donors (Lipinski definition) is 4. The van der Waals surface area contributed by atoms with Gasteiger partial charge in [-0.3, -0.25) is 35.3 Å². The van der Waals surface area contributed by atoms with Crippen molar-refractivity contribution in [1.82, 2.24) is 16.2 Å². The van der Waals surface area contributed by atoms with Crippen LogP contribution in [0.15, 0.2) is 42.5 Å². The van der Waals surface area contributed by atoms with Crippen molar-refractivity contribution in [1.29, 1.82) is 0 Å². The number of hydrogen-bond acceptors (Lipinski definition) is 7. The molecular formula is C21H24ClN5O6. The molecule has 0 aliphatic carbocycles. The standard InChI is InChI=1S/C21H24ClN5O6/c1-12(2)19(24-20(29)16-9-6-14(27(31)32)10-17(16)22)21(30)26-25-18(28)11-23-13-4-7-15(33-3)8-5-13/h4-10,12,19,23H,11H2,1-3H3,(H,24,29)(H,25,28)(H,26,30). The first-order chi connectivity index (χ1) is 15.6. The van der Waals surface area contributed by atoms with Crippen molar-refractivity contribution in [3.05, 3.63) is 63.2 Å². The summed E-state index contributed by atoms with van der Waals surface area (Å²) in [6.07, 6.45) is 0. The second-order valence-corrected chi connectivity index (χ2v) is 7.64. The topological polar surface area (TPSA) is 152 Å². The van der Waals surface area contributed by atoms with Gasteiger partial charge in [-0.2, -0.15) is 0 Å². The molecule has 0 bridgehead atoms. The first-order valence-electron chi connectivity index (χ1n) is 9.83. The number of carbonyl (C=O) groups excluding carboxylic acids is 3. The molecule has 1 atom stereocenters. The molecule has 0 radical (unpaired) electrons. The maximum atomic E-state index is 12.6. The normalized spacial score (nSPS) is 11.3. The molecule has 0 aliphatic rings. The molecular weight excluding hydrogens is 454 g/mol. The van der Waals surface area contributed by atoms with Crippen molar-refractivity contribution >= 4 is 40.7 Å². The van der Waals surface area contributed by atoms with Crippen molar-refractivity contribution in [2.45, 2.75) is 19.9 Å². The number of nitrogens with one attached hydrogen (secondary N) is 4. The minimum absolute atomic E-state index is 0.0200. The number of hydrazine groups is 1. The van der Waals surface area contributed by atoms with E-state index in [0.717, 1.165) is 12.1 Å².